The molecule has 0 saturated carbocycles. The van der Waals surface area contributed by atoms with Crippen LogP contribution in [0.5, 0.6) is 0 Å². The monoisotopic (exact) mass is 301 g/mol. The van der Waals surface area contributed by atoms with Gasteiger partial charge in [0, 0.05) is 30.8 Å². The van der Waals surface area contributed by atoms with E-state index in [9.17, 15) is 9.90 Å². The first kappa shape index (κ1) is 16.4. The largest absolute Gasteiger partial charge is 0.396 e. The van der Waals surface area contributed by atoms with Gasteiger partial charge in [0.05, 0.1) is 5.69 Å². The fourth-order valence-corrected chi connectivity index (χ4v) is 2.54. The van der Waals surface area contributed by atoms with E-state index >= 15 is 0 Å². The van der Waals surface area contributed by atoms with Crippen molar-refractivity contribution < 1.29 is 5.11 Å². The van der Waals surface area contributed by atoms with Gasteiger partial charge < -0.3 is 10.8 Å². The van der Waals surface area contributed by atoms with Gasteiger partial charge in [-0.2, -0.15) is 5.10 Å². The standard InChI is InChI=1S/C17H23N3O2/c1-12(2)11-20-17(22)15(10-18)14(8-9-21)16(19-20)13-6-4-3-5-7-13/h3-7,12,21H,8-11,18H2,1-2H3. The number of nitrogens with two attached hydrogens (primary N) is 1. The van der Waals surface area contributed by atoms with E-state index in [4.69, 9.17) is 5.73 Å². The van der Waals surface area contributed by atoms with Crippen molar-refractivity contribution >= 4 is 0 Å². The molecule has 22 heavy (non-hydrogen) atoms. The normalized spacial score (nSPS) is 11.1. The molecule has 0 fully saturated rings. The number of aromatic nitrogens is 2. The van der Waals surface area contributed by atoms with E-state index in [0.717, 1.165) is 16.8 Å². The fraction of sp³-hybridized carbons (Fsp3) is 0.412. The van der Waals surface area contributed by atoms with E-state index in [1.807, 2.05) is 44.2 Å². The zero-order valence-electron chi connectivity index (χ0n) is 13.1. The van der Waals surface area contributed by atoms with Gasteiger partial charge in [-0.25, -0.2) is 4.68 Å². The topological polar surface area (TPSA) is 81.1 Å². The van der Waals surface area contributed by atoms with E-state index < -0.39 is 0 Å². The highest BCUT2D eigenvalue weighted by Gasteiger charge is 2.17. The van der Waals surface area contributed by atoms with Crippen LogP contribution in [-0.4, -0.2) is 21.5 Å². The average molecular weight is 301 g/mol. The number of benzene rings is 1. The summed E-state index contributed by atoms with van der Waals surface area (Å²) in [7, 11) is 0. The van der Waals surface area contributed by atoms with Crippen molar-refractivity contribution in [1.82, 2.24) is 9.78 Å². The molecule has 0 amide bonds. The molecular weight excluding hydrogens is 278 g/mol. The van der Waals surface area contributed by atoms with Gasteiger partial charge in [-0.1, -0.05) is 44.2 Å². The molecule has 5 nitrogen and oxygen atoms in total. The fourth-order valence-electron chi connectivity index (χ4n) is 2.54. The van der Waals surface area contributed by atoms with E-state index in [0.29, 0.717) is 24.4 Å². The maximum absolute atomic E-state index is 12.6. The van der Waals surface area contributed by atoms with Gasteiger partial charge in [-0.05, 0) is 17.9 Å². The summed E-state index contributed by atoms with van der Waals surface area (Å²) in [5.41, 5.74) is 8.61. The van der Waals surface area contributed by atoms with Gasteiger partial charge >= 0.3 is 0 Å². The third-order valence-electron chi connectivity index (χ3n) is 3.51. The Balaban J connectivity index is 2.70. The Morgan fingerprint density at radius 1 is 1.23 bits per heavy atom. The molecule has 0 aliphatic heterocycles. The number of aliphatic hydroxyl groups excluding tert-OH is 1. The first-order valence-corrected chi connectivity index (χ1v) is 7.57. The number of hydrogen-bond donors (Lipinski definition) is 2. The van der Waals surface area contributed by atoms with Crippen LogP contribution in [0.3, 0.4) is 0 Å². The molecule has 0 saturated heterocycles. The molecule has 0 radical (unpaired) electrons. The Kier molecular flexibility index (Phi) is 5.46. The Morgan fingerprint density at radius 3 is 2.45 bits per heavy atom. The lowest BCUT2D eigenvalue weighted by atomic mass is 9.99. The quantitative estimate of drug-likeness (QED) is 0.848. The predicted molar refractivity (Wildman–Crippen MR) is 87.5 cm³/mol. The minimum Gasteiger partial charge on any atom is -0.396 e. The van der Waals surface area contributed by atoms with Crippen LogP contribution in [0.4, 0.5) is 0 Å². The number of hydrogen-bond acceptors (Lipinski definition) is 4. The summed E-state index contributed by atoms with van der Waals surface area (Å²) < 4.78 is 1.50. The van der Waals surface area contributed by atoms with Gasteiger partial charge in [-0.3, -0.25) is 4.79 Å². The molecule has 0 atom stereocenters. The molecule has 0 spiro atoms. The lowest BCUT2D eigenvalue weighted by Crippen LogP contribution is -2.32. The maximum Gasteiger partial charge on any atom is 0.271 e. The highest BCUT2D eigenvalue weighted by molar-refractivity contribution is 5.63. The molecule has 2 aromatic rings. The summed E-state index contributed by atoms with van der Waals surface area (Å²) in [6, 6.07) is 9.70. The van der Waals surface area contributed by atoms with E-state index in [-0.39, 0.29) is 18.7 Å². The minimum atomic E-state index is -0.153. The van der Waals surface area contributed by atoms with Gasteiger partial charge in [0.25, 0.3) is 5.56 Å². The van der Waals surface area contributed by atoms with Crippen LogP contribution in [0, 0.1) is 5.92 Å². The molecule has 1 aromatic heterocycles. The van der Waals surface area contributed by atoms with Crippen LogP contribution in [0.15, 0.2) is 35.1 Å². The second-order valence-corrected chi connectivity index (χ2v) is 5.73. The number of nitrogens with zero attached hydrogens (tertiary/aromatic N) is 2. The van der Waals surface area contributed by atoms with Crippen LogP contribution in [0.25, 0.3) is 11.3 Å². The molecule has 5 heteroatoms. The molecule has 3 N–H and O–H groups in total. The maximum atomic E-state index is 12.6. The van der Waals surface area contributed by atoms with E-state index in [1.54, 1.807) is 0 Å². The average Bonchev–Trinajstić information content (AvgIpc) is 2.51. The molecule has 0 bridgehead atoms. The van der Waals surface area contributed by atoms with E-state index in [2.05, 4.69) is 5.10 Å². The third-order valence-corrected chi connectivity index (χ3v) is 3.51. The van der Waals surface area contributed by atoms with Crippen LogP contribution in [0.1, 0.15) is 25.0 Å². The first-order chi connectivity index (χ1) is 10.6. The smallest absolute Gasteiger partial charge is 0.271 e. The molecule has 0 unspecified atom stereocenters. The van der Waals surface area contributed by atoms with Crippen molar-refractivity contribution in [3.63, 3.8) is 0 Å². The SMILES string of the molecule is CC(C)Cn1nc(-c2ccccc2)c(CCO)c(CN)c1=O. The zero-order chi connectivity index (χ0) is 16.1. The van der Waals surface area contributed by atoms with Gasteiger partial charge in [0.2, 0.25) is 0 Å². The van der Waals surface area contributed by atoms with Gasteiger partial charge in [-0.15, -0.1) is 0 Å². The van der Waals surface area contributed by atoms with Crippen LogP contribution >= 0.6 is 0 Å². The Hall–Kier alpha value is -1.98. The lowest BCUT2D eigenvalue weighted by molar-refractivity contribution is 0.299. The summed E-state index contributed by atoms with van der Waals surface area (Å²) >= 11 is 0. The van der Waals surface area contributed by atoms with Crippen LogP contribution in [-0.2, 0) is 19.5 Å². The second-order valence-electron chi connectivity index (χ2n) is 5.73. The van der Waals surface area contributed by atoms with E-state index in [1.165, 1.54) is 4.68 Å². The highest BCUT2D eigenvalue weighted by Crippen LogP contribution is 2.23. The Labute approximate surface area is 130 Å². The first-order valence-electron chi connectivity index (χ1n) is 7.57. The summed E-state index contributed by atoms with van der Waals surface area (Å²) in [5, 5.41) is 13.9. The summed E-state index contributed by atoms with van der Waals surface area (Å²) in [6.45, 7) is 4.74. The predicted octanol–water partition coefficient (Wildman–Crippen LogP) is 1.56. The highest BCUT2D eigenvalue weighted by atomic mass is 16.3. The summed E-state index contributed by atoms with van der Waals surface area (Å²) in [6.07, 6.45) is 0.377. The molecule has 1 heterocycles. The van der Waals surface area contributed by atoms with Crippen molar-refractivity contribution in [3.05, 3.63) is 51.8 Å². The molecular formula is C17H23N3O2. The van der Waals surface area contributed by atoms with Gasteiger partial charge in [0.15, 0.2) is 0 Å². The number of aliphatic hydroxyl groups is 1. The molecule has 118 valence electrons. The summed E-state index contributed by atoms with van der Waals surface area (Å²) in [4.78, 5) is 12.6. The lowest BCUT2D eigenvalue weighted by Gasteiger charge is -2.16. The minimum absolute atomic E-state index is 0.0395. The third kappa shape index (κ3) is 3.43. The van der Waals surface area contributed by atoms with Crippen LogP contribution < -0.4 is 11.3 Å². The summed E-state index contributed by atoms with van der Waals surface area (Å²) in [5.74, 6) is 0.308. The molecule has 0 aliphatic carbocycles. The van der Waals surface area contributed by atoms with Crippen LogP contribution in [0.2, 0.25) is 0 Å². The molecule has 2 rings (SSSR count). The van der Waals surface area contributed by atoms with Crippen molar-refractivity contribution in [1.29, 1.82) is 0 Å². The number of rotatable bonds is 6. The van der Waals surface area contributed by atoms with Crippen molar-refractivity contribution in [2.75, 3.05) is 6.61 Å². The second kappa shape index (κ2) is 7.33. The zero-order valence-corrected chi connectivity index (χ0v) is 13.1. The Morgan fingerprint density at radius 2 is 1.91 bits per heavy atom. The van der Waals surface area contributed by atoms with Crippen molar-refractivity contribution in [3.8, 4) is 11.3 Å². The van der Waals surface area contributed by atoms with Crippen molar-refractivity contribution in [2.45, 2.75) is 33.4 Å². The van der Waals surface area contributed by atoms with Gasteiger partial charge in [0.1, 0.15) is 0 Å². The molecule has 0 aliphatic rings. The molecule has 1 aromatic carbocycles. The van der Waals surface area contributed by atoms with Crippen molar-refractivity contribution in [2.24, 2.45) is 11.7 Å². The Bertz CT molecular complexity index is 678.